The molecule has 1 aromatic carbocycles. The van der Waals surface area contributed by atoms with Gasteiger partial charge >= 0.3 is 0 Å². The molecule has 0 unspecified atom stereocenters. The molecule has 0 bridgehead atoms. The number of pyridine rings is 1. The first kappa shape index (κ1) is 11.6. The smallest absolute Gasteiger partial charge is 0.126 e. The van der Waals surface area contributed by atoms with E-state index in [1.807, 2.05) is 43.7 Å². The number of aromatic nitrogens is 1. The second-order valence-electron chi connectivity index (χ2n) is 3.81. The van der Waals surface area contributed by atoms with E-state index in [9.17, 15) is 0 Å². The van der Waals surface area contributed by atoms with Crippen LogP contribution in [-0.2, 0) is 6.54 Å². The van der Waals surface area contributed by atoms with E-state index in [0.717, 1.165) is 29.0 Å². The maximum atomic E-state index is 5.36. The van der Waals surface area contributed by atoms with Crippen LogP contribution in [0.5, 0.6) is 5.75 Å². The monoisotopic (exact) mass is 228 g/mol. The summed E-state index contributed by atoms with van der Waals surface area (Å²) in [5, 5.41) is 3.12. The minimum Gasteiger partial charge on any atom is -0.496 e. The average Bonchev–Trinajstić information content (AvgIpc) is 2.39. The molecule has 0 aliphatic carbocycles. The molecule has 0 amide bonds. The summed E-state index contributed by atoms with van der Waals surface area (Å²) in [7, 11) is 3.61. The van der Waals surface area contributed by atoms with Crippen LogP contribution in [0.2, 0.25) is 0 Å². The summed E-state index contributed by atoms with van der Waals surface area (Å²) < 4.78 is 5.36. The molecular formula is C14H16N2O. The first-order valence-corrected chi connectivity index (χ1v) is 5.57. The van der Waals surface area contributed by atoms with Crippen molar-refractivity contribution in [3.05, 3.63) is 48.3 Å². The zero-order valence-corrected chi connectivity index (χ0v) is 10.1. The molecule has 0 saturated carbocycles. The molecule has 0 aliphatic rings. The van der Waals surface area contributed by atoms with E-state index in [2.05, 4.69) is 16.4 Å². The molecule has 2 rings (SSSR count). The highest BCUT2D eigenvalue weighted by atomic mass is 16.5. The summed E-state index contributed by atoms with van der Waals surface area (Å²) in [4.78, 5) is 4.26. The average molecular weight is 228 g/mol. The van der Waals surface area contributed by atoms with Crippen LogP contribution in [0.3, 0.4) is 0 Å². The molecule has 0 radical (unpaired) electrons. The Hall–Kier alpha value is -1.87. The zero-order chi connectivity index (χ0) is 12.1. The largest absolute Gasteiger partial charge is 0.496 e. The second-order valence-corrected chi connectivity index (χ2v) is 3.81. The summed E-state index contributed by atoms with van der Waals surface area (Å²) >= 11 is 0. The van der Waals surface area contributed by atoms with Crippen molar-refractivity contribution in [2.75, 3.05) is 14.2 Å². The van der Waals surface area contributed by atoms with Gasteiger partial charge in [0.2, 0.25) is 0 Å². The first-order valence-electron chi connectivity index (χ1n) is 5.57. The van der Waals surface area contributed by atoms with Crippen molar-refractivity contribution in [2.24, 2.45) is 0 Å². The lowest BCUT2D eigenvalue weighted by Crippen LogP contribution is -2.05. The van der Waals surface area contributed by atoms with Crippen molar-refractivity contribution >= 4 is 0 Å². The van der Waals surface area contributed by atoms with Crippen LogP contribution in [0.15, 0.2) is 42.7 Å². The SMILES string of the molecule is CNCc1cncc(-c2ccccc2OC)c1. The lowest BCUT2D eigenvalue weighted by atomic mass is 10.1. The molecule has 2 aromatic rings. The number of hydrogen-bond donors (Lipinski definition) is 1. The van der Waals surface area contributed by atoms with Crippen molar-refractivity contribution in [3.8, 4) is 16.9 Å². The van der Waals surface area contributed by atoms with Gasteiger partial charge in [-0.15, -0.1) is 0 Å². The minimum absolute atomic E-state index is 0.815. The minimum atomic E-state index is 0.815. The normalized spacial score (nSPS) is 10.2. The third-order valence-electron chi connectivity index (χ3n) is 2.59. The third kappa shape index (κ3) is 2.63. The molecule has 0 fully saturated rings. The van der Waals surface area contributed by atoms with E-state index in [-0.39, 0.29) is 0 Å². The zero-order valence-electron chi connectivity index (χ0n) is 10.1. The van der Waals surface area contributed by atoms with Crippen molar-refractivity contribution in [1.29, 1.82) is 0 Å². The van der Waals surface area contributed by atoms with E-state index >= 15 is 0 Å². The maximum Gasteiger partial charge on any atom is 0.126 e. The Bertz CT molecular complexity index is 497. The number of methoxy groups -OCH3 is 1. The van der Waals surface area contributed by atoms with Gasteiger partial charge in [0.1, 0.15) is 5.75 Å². The van der Waals surface area contributed by atoms with Crippen molar-refractivity contribution in [3.63, 3.8) is 0 Å². The molecule has 1 heterocycles. The van der Waals surface area contributed by atoms with Gasteiger partial charge in [-0.05, 0) is 24.7 Å². The lowest BCUT2D eigenvalue weighted by molar-refractivity contribution is 0.416. The Kier molecular flexibility index (Phi) is 3.73. The van der Waals surface area contributed by atoms with Gasteiger partial charge < -0.3 is 10.1 Å². The maximum absolute atomic E-state index is 5.36. The van der Waals surface area contributed by atoms with Gasteiger partial charge in [0, 0.05) is 30.1 Å². The van der Waals surface area contributed by atoms with Crippen LogP contribution in [-0.4, -0.2) is 19.1 Å². The number of nitrogens with one attached hydrogen (secondary N) is 1. The Morgan fingerprint density at radius 3 is 2.82 bits per heavy atom. The number of nitrogens with zero attached hydrogens (tertiary/aromatic N) is 1. The topological polar surface area (TPSA) is 34.2 Å². The van der Waals surface area contributed by atoms with Crippen LogP contribution in [0, 0.1) is 0 Å². The van der Waals surface area contributed by atoms with Gasteiger partial charge in [0.25, 0.3) is 0 Å². The summed E-state index contributed by atoms with van der Waals surface area (Å²) in [6, 6.07) is 10.1. The van der Waals surface area contributed by atoms with Gasteiger partial charge in [0.05, 0.1) is 7.11 Å². The summed E-state index contributed by atoms with van der Waals surface area (Å²) in [5.74, 6) is 0.871. The Labute approximate surface area is 101 Å². The van der Waals surface area contributed by atoms with Crippen molar-refractivity contribution in [2.45, 2.75) is 6.54 Å². The fourth-order valence-electron chi connectivity index (χ4n) is 1.82. The highest BCUT2D eigenvalue weighted by Gasteiger charge is 2.05. The molecule has 17 heavy (non-hydrogen) atoms. The summed E-state index contributed by atoms with van der Waals surface area (Å²) in [5.41, 5.74) is 3.31. The molecule has 0 aliphatic heterocycles. The number of rotatable bonds is 4. The molecular weight excluding hydrogens is 212 g/mol. The van der Waals surface area contributed by atoms with Crippen LogP contribution in [0.25, 0.3) is 11.1 Å². The number of para-hydroxylation sites is 1. The van der Waals surface area contributed by atoms with E-state index in [1.54, 1.807) is 7.11 Å². The van der Waals surface area contributed by atoms with E-state index in [4.69, 9.17) is 4.74 Å². The highest BCUT2D eigenvalue weighted by Crippen LogP contribution is 2.29. The Balaban J connectivity index is 2.41. The Morgan fingerprint density at radius 2 is 2.06 bits per heavy atom. The summed E-state index contributed by atoms with van der Waals surface area (Å²) in [6.45, 7) is 0.815. The molecule has 1 aromatic heterocycles. The van der Waals surface area contributed by atoms with Gasteiger partial charge in [-0.2, -0.15) is 0 Å². The summed E-state index contributed by atoms with van der Waals surface area (Å²) in [6.07, 6.45) is 3.73. The van der Waals surface area contributed by atoms with Gasteiger partial charge in [0.15, 0.2) is 0 Å². The fourth-order valence-corrected chi connectivity index (χ4v) is 1.82. The molecule has 3 heteroatoms. The van der Waals surface area contributed by atoms with E-state index in [1.165, 1.54) is 0 Å². The highest BCUT2D eigenvalue weighted by molar-refractivity contribution is 5.70. The lowest BCUT2D eigenvalue weighted by Gasteiger charge is -2.09. The molecule has 0 spiro atoms. The van der Waals surface area contributed by atoms with Gasteiger partial charge in [-0.3, -0.25) is 4.98 Å². The number of benzene rings is 1. The van der Waals surface area contributed by atoms with Gasteiger partial charge in [-0.1, -0.05) is 18.2 Å². The van der Waals surface area contributed by atoms with Crippen molar-refractivity contribution < 1.29 is 4.74 Å². The predicted octanol–water partition coefficient (Wildman–Crippen LogP) is 2.48. The van der Waals surface area contributed by atoms with E-state index < -0.39 is 0 Å². The molecule has 3 nitrogen and oxygen atoms in total. The number of ether oxygens (including phenoxy) is 1. The second kappa shape index (κ2) is 5.46. The van der Waals surface area contributed by atoms with Gasteiger partial charge in [-0.25, -0.2) is 0 Å². The van der Waals surface area contributed by atoms with Crippen molar-refractivity contribution in [1.82, 2.24) is 10.3 Å². The van der Waals surface area contributed by atoms with Crippen LogP contribution >= 0.6 is 0 Å². The Morgan fingerprint density at radius 1 is 1.24 bits per heavy atom. The third-order valence-corrected chi connectivity index (χ3v) is 2.59. The van der Waals surface area contributed by atoms with Crippen LogP contribution in [0.4, 0.5) is 0 Å². The molecule has 1 N–H and O–H groups in total. The van der Waals surface area contributed by atoms with Crippen LogP contribution in [0.1, 0.15) is 5.56 Å². The van der Waals surface area contributed by atoms with E-state index in [0.29, 0.717) is 0 Å². The fraction of sp³-hybridized carbons (Fsp3) is 0.214. The molecule has 0 atom stereocenters. The molecule has 88 valence electrons. The van der Waals surface area contributed by atoms with Crippen LogP contribution < -0.4 is 10.1 Å². The molecule has 0 saturated heterocycles. The standard InChI is InChI=1S/C14H16N2O/c1-15-8-11-7-12(10-16-9-11)13-5-3-4-6-14(13)17-2/h3-7,9-10,15H,8H2,1-2H3. The quantitative estimate of drug-likeness (QED) is 0.873. The number of hydrogen-bond acceptors (Lipinski definition) is 3. The predicted molar refractivity (Wildman–Crippen MR) is 69.0 cm³/mol. The first-order chi connectivity index (χ1) is 8.35.